The Balaban J connectivity index is 1.83. The van der Waals surface area contributed by atoms with Crippen LogP contribution in [0.4, 0.5) is 0 Å². The van der Waals surface area contributed by atoms with Gasteiger partial charge in [-0.3, -0.25) is 4.99 Å². The molecule has 1 atom stereocenters. The molecule has 0 aliphatic carbocycles. The molecule has 174 valence electrons. The molecule has 0 saturated carbocycles. The minimum absolute atomic E-state index is 0.0282. The van der Waals surface area contributed by atoms with E-state index >= 15 is 0 Å². The molecule has 8 heteroatoms. The first-order valence-electron chi connectivity index (χ1n) is 10.7. The fourth-order valence-electron chi connectivity index (χ4n) is 4.17. The van der Waals surface area contributed by atoms with Gasteiger partial charge in [0.05, 0.1) is 7.11 Å². The number of carbonyl (C=O) groups excluding carboxylic acids is 1. The average Bonchev–Trinajstić information content (AvgIpc) is 3.56. The third-order valence-electron chi connectivity index (χ3n) is 5.86. The van der Waals surface area contributed by atoms with Gasteiger partial charge >= 0.3 is 5.97 Å². The summed E-state index contributed by atoms with van der Waals surface area (Å²) in [7, 11) is -3.42. The number of aromatic nitrogens is 1. The zero-order chi connectivity index (χ0) is 24.5. The number of rotatable bonds is 6. The molecule has 0 radical (unpaired) electrons. The van der Waals surface area contributed by atoms with Crippen molar-refractivity contribution in [3.63, 3.8) is 0 Å². The second kappa shape index (κ2) is 8.81. The molecule has 0 saturated heterocycles. The summed E-state index contributed by atoms with van der Waals surface area (Å²) >= 11 is 0. The molecule has 1 aliphatic heterocycles. The fourth-order valence-corrected chi connectivity index (χ4v) is 6.27. The summed E-state index contributed by atoms with van der Waals surface area (Å²) in [6.07, 6.45) is 2.49. The maximum absolute atomic E-state index is 14.7. The van der Waals surface area contributed by atoms with E-state index in [1.807, 2.05) is 12.1 Å². The lowest BCUT2D eigenvalue weighted by atomic mass is 9.94. The first-order chi connectivity index (χ1) is 17.0. The van der Waals surface area contributed by atoms with Crippen molar-refractivity contribution in [2.45, 2.75) is 9.64 Å². The Hall–Kier alpha value is -4.30. The Morgan fingerprint density at radius 1 is 0.829 bits per heavy atom. The second-order valence-corrected chi connectivity index (χ2v) is 9.90. The summed E-state index contributed by atoms with van der Waals surface area (Å²) in [4.78, 5) is 17.3. The van der Waals surface area contributed by atoms with E-state index in [1.165, 1.54) is 6.20 Å². The number of nitrogens with zero attached hydrogens (tertiary/aromatic N) is 2. The fraction of sp³-hybridized carbons (Fsp3) is 0.0741. The molecular weight excluding hydrogens is 464 g/mol. The standard InChI is InChI=1S/C27H20N2O5S/c1-33-26(30)27(18-28-17-22(27)19-11-5-2-6-12-19)35(31,32)25-23(20-13-7-3-8-14-20)29-34-24(25)21-15-9-4-10-16-21/h2-18H,1H3. The van der Waals surface area contributed by atoms with Crippen molar-refractivity contribution in [1.82, 2.24) is 5.16 Å². The third-order valence-corrected chi connectivity index (χ3v) is 8.11. The van der Waals surface area contributed by atoms with Gasteiger partial charge in [0.25, 0.3) is 0 Å². The topological polar surface area (TPSA) is 98.8 Å². The molecule has 0 N–H and O–H groups in total. The van der Waals surface area contributed by atoms with Crippen LogP contribution in [0.5, 0.6) is 0 Å². The Morgan fingerprint density at radius 2 is 1.37 bits per heavy atom. The Labute approximate surface area is 202 Å². The van der Waals surface area contributed by atoms with Crippen LogP contribution in [0.25, 0.3) is 28.2 Å². The van der Waals surface area contributed by atoms with Crippen molar-refractivity contribution in [2.75, 3.05) is 7.11 Å². The van der Waals surface area contributed by atoms with Crippen molar-refractivity contribution in [3.05, 3.63) is 103 Å². The Bertz CT molecular complexity index is 1490. The first-order valence-corrected chi connectivity index (χ1v) is 12.2. The first kappa shape index (κ1) is 22.5. The van der Waals surface area contributed by atoms with Crippen molar-refractivity contribution in [2.24, 2.45) is 4.99 Å². The van der Waals surface area contributed by atoms with E-state index in [0.717, 1.165) is 13.3 Å². The molecule has 0 bridgehead atoms. The highest BCUT2D eigenvalue weighted by atomic mass is 32.2. The highest BCUT2D eigenvalue weighted by Gasteiger charge is 2.58. The Kier molecular flexibility index (Phi) is 5.66. The summed E-state index contributed by atoms with van der Waals surface area (Å²) in [5.74, 6) is -0.950. The molecule has 0 spiro atoms. The van der Waals surface area contributed by atoms with E-state index in [-0.39, 0.29) is 21.9 Å². The minimum atomic E-state index is -4.57. The van der Waals surface area contributed by atoms with E-state index in [4.69, 9.17) is 9.26 Å². The molecule has 5 rings (SSSR count). The molecule has 4 aromatic rings. The van der Waals surface area contributed by atoms with Gasteiger partial charge in [-0.2, -0.15) is 0 Å². The second-order valence-electron chi connectivity index (χ2n) is 7.84. The third kappa shape index (κ3) is 3.50. The molecule has 1 aliphatic rings. The zero-order valence-corrected chi connectivity index (χ0v) is 19.5. The molecule has 7 nitrogen and oxygen atoms in total. The SMILES string of the molecule is COC(=O)C1(S(=O)(=O)c2c(-c3ccccc3)noc2-c2ccccc2)C=NC=C1c1ccccc1. The lowest BCUT2D eigenvalue weighted by Gasteiger charge is -2.27. The molecule has 2 heterocycles. The highest BCUT2D eigenvalue weighted by Crippen LogP contribution is 2.46. The van der Waals surface area contributed by atoms with E-state index in [0.29, 0.717) is 16.7 Å². The van der Waals surface area contributed by atoms with E-state index < -0.39 is 20.6 Å². The summed E-state index contributed by atoms with van der Waals surface area (Å²) in [6, 6.07) is 26.3. The number of sulfone groups is 1. The molecule has 1 unspecified atom stereocenters. The number of ether oxygens (including phenoxy) is 1. The Morgan fingerprint density at radius 3 is 1.94 bits per heavy atom. The van der Waals surface area contributed by atoms with Gasteiger partial charge in [-0.25, -0.2) is 13.2 Å². The number of aliphatic imine (C=N–C) groups is 1. The maximum Gasteiger partial charge on any atom is 0.337 e. The average molecular weight is 485 g/mol. The number of hydrogen-bond donors (Lipinski definition) is 0. The normalized spacial score (nSPS) is 17.2. The van der Waals surface area contributed by atoms with Crippen LogP contribution in [-0.2, 0) is 19.4 Å². The molecular formula is C27H20N2O5S. The summed E-state index contributed by atoms with van der Waals surface area (Å²) in [5, 5.41) is 4.14. The van der Waals surface area contributed by atoms with Crippen LogP contribution >= 0.6 is 0 Å². The van der Waals surface area contributed by atoms with Crippen molar-refractivity contribution in [1.29, 1.82) is 0 Å². The van der Waals surface area contributed by atoms with Crippen LogP contribution in [0, 0.1) is 0 Å². The van der Waals surface area contributed by atoms with Gasteiger partial charge in [0.2, 0.25) is 14.6 Å². The summed E-state index contributed by atoms with van der Waals surface area (Å²) < 4.78 is 37.8. The van der Waals surface area contributed by atoms with Gasteiger partial charge in [0, 0.05) is 29.1 Å². The van der Waals surface area contributed by atoms with Crippen molar-refractivity contribution in [3.8, 4) is 22.6 Å². The van der Waals surface area contributed by atoms with Gasteiger partial charge in [0.15, 0.2) is 5.76 Å². The van der Waals surface area contributed by atoms with Crippen LogP contribution < -0.4 is 0 Å². The van der Waals surface area contributed by atoms with Gasteiger partial charge in [0.1, 0.15) is 10.6 Å². The maximum atomic E-state index is 14.7. The van der Waals surface area contributed by atoms with Crippen LogP contribution in [0.3, 0.4) is 0 Å². The van der Waals surface area contributed by atoms with Crippen LogP contribution in [0.15, 0.2) is 112 Å². The highest BCUT2D eigenvalue weighted by molar-refractivity contribution is 7.95. The molecule has 1 aromatic heterocycles. The smallest absolute Gasteiger partial charge is 0.337 e. The monoisotopic (exact) mass is 484 g/mol. The zero-order valence-electron chi connectivity index (χ0n) is 18.7. The van der Waals surface area contributed by atoms with Gasteiger partial charge < -0.3 is 9.26 Å². The number of benzene rings is 3. The summed E-state index contributed by atoms with van der Waals surface area (Å²) in [6.45, 7) is 0. The molecule has 3 aromatic carbocycles. The number of methoxy groups -OCH3 is 1. The number of carbonyl (C=O) groups is 1. The van der Waals surface area contributed by atoms with Crippen LogP contribution in [0.2, 0.25) is 0 Å². The predicted molar refractivity (Wildman–Crippen MR) is 132 cm³/mol. The summed E-state index contributed by atoms with van der Waals surface area (Å²) in [5.41, 5.74) is 1.83. The largest absolute Gasteiger partial charge is 0.467 e. The quantitative estimate of drug-likeness (QED) is 0.364. The van der Waals surface area contributed by atoms with Gasteiger partial charge in [-0.15, -0.1) is 0 Å². The van der Waals surface area contributed by atoms with E-state index in [2.05, 4.69) is 10.1 Å². The minimum Gasteiger partial charge on any atom is -0.467 e. The van der Waals surface area contributed by atoms with E-state index in [9.17, 15) is 13.2 Å². The van der Waals surface area contributed by atoms with Gasteiger partial charge in [-0.1, -0.05) is 96.2 Å². The van der Waals surface area contributed by atoms with Gasteiger partial charge in [-0.05, 0) is 5.56 Å². The lowest BCUT2D eigenvalue weighted by Crippen LogP contribution is -2.48. The number of hydrogen-bond acceptors (Lipinski definition) is 7. The number of esters is 1. The molecule has 35 heavy (non-hydrogen) atoms. The van der Waals surface area contributed by atoms with Crippen molar-refractivity contribution >= 4 is 27.6 Å². The van der Waals surface area contributed by atoms with Crippen molar-refractivity contribution < 1.29 is 22.5 Å². The van der Waals surface area contributed by atoms with E-state index in [1.54, 1.807) is 78.9 Å². The lowest BCUT2D eigenvalue weighted by molar-refractivity contribution is -0.140. The molecule has 0 amide bonds. The van der Waals surface area contributed by atoms with Crippen LogP contribution in [0.1, 0.15) is 5.56 Å². The predicted octanol–water partition coefficient (Wildman–Crippen LogP) is 4.82. The molecule has 0 fully saturated rings. The van der Waals surface area contributed by atoms with Crippen LogP contribution in [-0.4, -0.2) is 37.6 Å².